The van der Waals surface area contributed by atoms with E-state index < -0.39 is 11.6 Å². The molecule has 2 N–H and O–H groups in total. The highest BCUT2D eigenvalue weighted by atomic mass is 19.1. The molecule has 0 unspecified atom stereocenters. The highest BCUT2D eigenvalue weighted by Gasteiger charge is 2.10. The first-order chi connectivity index (χ1) is 7.18. The molecule has 1 aromatic carbocycles. The van der Waals surface area contributed by atoms with E-state index >= 15 is 0 Å². The Morgan fingerprint density at radius 3 is 2.47 bits per heavy atom. The number of nitrogens with zero attached hydrogens (tertiary/aromatic N) is 1. The Balaban J connectivity index is 2.60. The molecule has 0 aliphatic rings. The average molecular weight is 206 g/mol. The lowest BCUT2D eigenvalue weighted by Crippen LogP contribution is -1.95. The highest BCUT2D eigenvalue weighted by molar-refractivity contribution is 5.61. The van der Waals surface area contributed by atoms with Crippen LogP contribution in [0.5, 0.6) is 0 Å². The Hall–Kier alpha value is -1.97. The van der Waals surface area contributed by atoms with Crippen LogP contribution in [0.25, 0.3) is 11.3 Å². The zero-order valence-electron chi connectivity index (χ0n) is 7.74. The van der Waals surface area contributed by atoms with Crippen molar-refractivity contribution >= 4 is 5.69 Å². The van der Waals surface area contributed by atoms with Gasteiger partial charge < -0.3 is 5.73 Å². The number of hydrogen-bond donors (Lipinski definition) is 1. The van der Waals surface area contributed by atoms with E-state index in [4.69, 9.17) is 5.73 Å². The predicted molar refractivity (Wildman–Crippen MR) is 54.0 cm³/mol. The van der Waals surface area contributed by atoms with E-state index in [1.165, 1.54) is 24.4 Å². The first-order valence-corrected chi connectivity index (χ1v) is 4.34. The Morgan fingerprint density at radius 1 is 1.07 bits per heavy atom. The lowest BCUT2D eigenvalue weighted by Gasteiger charge is -2.03. The van der Waals surface area contributed by atoms with Gasteiger partial charge in [-0.1, -0.05) is 12.1 Å². The van der Waals surface area contributed by atoms with E-state index in [1.807, 2.05) is 0 Å². The van der Waals surface area contributed by atoms with Crippen LogP contribution in [0.2, 0.25) is 0 Å². The third kappa shape index (κ3) is 1.79. The van der Waals surface area contributed by atoms with Gasteiger partial charge in [-0.25, -0.2) is 8.78 Å². The van der Waals surface area contributed by atoms with Gasteiger partial charge in [-0.05, 0) is 12.1 Å². The van der Waals surface area contributed by atoms with Gasteiger partial charge in [-0.15, -0.1) is 0 Å². The fourth-order valence-electron chi connectivity index (χ4n) is 1.30. The Labute approximate surface area is 85.4 Å². The Bertz CT molecular complexity index is 498. The summed E-state index contributed by atoms with van der Waals surface area (Å²) in [4.78, 5) is 3.77. The highest BCUT2D eigenvalue weighted by Crippen LogP contribution is 2.23. The number of nitrogen functional groups attached to an aromatic ring is 1. The zero-order valence-corrected chi connectivity index (χ0v) is 7.74. The van der Waals surface area contributed by atoms with Crippen molar-refractivity contribution in [3.8, 4) is 11.3 Å². The van der Waals surface area contributed by atoms with E-state index in [9.17, 15) is 8.78 Å². The van der Waals surface area contributed by atoms with Crippen molar-refractivity contribution in [2.75, 3.05) is 5.73 Å². The van der Waals surface area contributed by atoms with Gasteiger partial charge in [-0.3, -0.25) is 4.98 Å². The molecule has 2 nitrogen and oxygen atoms in total. The van der Waals surface area contributed by atoms with Gasteiger partial charge in [0.05, 0.1) is 11.9 Å². The number of aromatic nitrogens is 1. The van der Waals surface area contributed by atoms with Crippen LogP contribution >= 0.6 is 0 Å². The number of benzene rings is 1. The number of hydrogen-bond acceptors (Lipinski definition) is 2. The summed E-state index contributed by atoms with van der Waals surface area (Å²) in [5.41, 5.74) is 5.67. The summed E-state index contributed by atoms with van der Waals surface area (Å²) in [6, 6.07) is 7.00. The smallest absolute Gasteiger partial charge is 0.151 e. The lowest BCUT2D eigenvalue weighted by molar-refractivity contribution is 0.612. The maximum absolute atomic E-state index is 13.4. The molecule has 4 heteroatoms. The molecule has 0 radical (unpaired) electrons. The topological polar surface area (TPSA) is 38.9 Å². The normalized spacial score (nSPS) is 10.3. The molecule has 0 bridgehead atoms. The maximum Gasteiger partial charge on any atom is 0.151 e. The van der Waals surface area contributed by atoms with Crippen molar-refractivity contribution in [1.29, 1.82) is 0 Å². The number of nitrogens with two attached hydrogens (primary N) is 1. The molecule has 0 saturated carbocycles. The number of halogens is 2. The minimum absolute atomic E-state index is 0.0256. The summed E-state index contributed by atoms with van der Waals surface area (Å²) in [5, 5.41) is 0. The van der Waals surface area contributed by atoms with Crippen LogP contribution in [-0.2, 0) is 0 Å². The van der Waals surface area contributed by atoms with Gasteiger partial charge >= 0.3 is 0 Å². The van der Waals surface area contributed by atoms with Gasteiger partial charge in [0.25, 0.3) is 0 Å². The molecule has 1 heterocycles. The fourth-order valence-corrected chi connectivity index (χ4v) is 1.30. The second-order valence-corrected chi connectivity index (χ2v) is 3.08. The first-order valence-electron chi connectivity index (χ1n) is 4.34. The molecule has 0 atom stereocenters. The second-order valence-electron chi connectivity index (χ2n) is 3.08. The molecule has 2 aromatic rings. The summed E-state index contributed by atoms with van der Waals surface area (Å²) in [5.74, 6) is -1.13. The first kappa shape index (κ1) is 9.58. The molecular formula is C11H8F2N2. The molecule has 76 valence electrons. The molecule has 2 rings (SSSR count). The van der Waals surface area contributed by atoms with E-state index in [-0.39, 0.29) is 16.9 Å². The molecule has 0 aliphatic carbocycles. The molecular weight excluding hydrogens is 198 g/mol. The standard InChI is InChI=1S/C11H8F2N2/c12-9-4-2-1-3-8(9)11-10(13)5-7(14)6-15-11/h1-6H,14H2. The molecule has 0 aliphatic heterocycles. The third-order valence-electron chi connectivity index (χ3n) is 1.99. The van der Waals surface area contributed by atoms with Crippen LogP contribution in [0.1, 0.15) is 0 Å². The van der Waals surface area contributed by atoms with Gasteiger partial charge in [-0.2, -0.15) is 0 Å². The largest absolute Gasteiger partial charge is 0.397 e. The summed E-state index contributed by atoms with van der Waals surface area (Å²) in [6.07, 6.45) is 1.30. The third-order valence-corrected chi connectivity index (χ3v) is 1.99. The van der Waals surface area contributed by atoms with Crippen LogP contribution in [0, 0.1) is 11.6 Å². The average Bonchev–Trinajstić information content (AvgIpc) is 2.20. The molecule has 15 heavy (non-hydrogen) atoms. The van der Waals surface area contributed by atoms with Crippen molar-refractivity contribution in [3.63, 3.8) is 0 Å². The number of anilines is 1. The fraction of sp³-hybridized carbons (Fsp3) is 0. The summed E-state index contributed by atoms with van der Waals surface area (Å²) >= 11 is 0. The van der Waals surface area contributed by atoms with Crippen molar-refractivity contribution in [2.45, 2.75) is 0 Å². The number of rotatable bonds is 1. The SMILES string of the molecule is Nc1cnc(-c2ccccc2F)c(F)c1. The molecule has 1 aromatic heterocycles. The quantitative estimate of drug-likeness (QED) is 0.778. The van der Waals surface area contributed by atoms with Crippen molar-refractivity contribution in [1.82, 2.24) is 4.98 Å². The minimum atomic E-state index is -0.625. The number of pyridine rings is 1. The molecule has 0 fully saturated rings. The zero-order chi connectivity index (χ0) is 10.8. The summed E-state index contributed by atoms with van der Waals surface area (Å²) in [6.45, 7) is 0. The van der Waals surface area contributed by atoms with Crippen LogP contribution in [0.4, 0.5) is 14.5 Å². The predicted octanol–water partition coefficient (Wildman–Crippen LogP) is 2.61. The molecule has 0 amide bonds. The van der Waals surface area contributed by atoms with Crippen LogP contribution in [0.3, 0.4) is 0 Å². The van der Waals surface area contributed by atoms with Crippen molar-refractivity contribution in [2.24, 2.45) is 0 Å². The van der Waals surface area contributed by atoms with Crippen molar-refractivity contribution in [3.05, 3.63) is 48.2 Å². The van der Waals surface area contributed by atoms with Gasteiger partial charge in [0.1, 0.15) is 11.5 Å². The van der Waals surface area contributed by atoms with Gasteiger partial charge in [0.2, 0.25) is 0 Å². The molecule has 0 spiro atoms. The second kappa shape index (κ2) is 3.65. The van der Waals surface area contributed by atoms with Crippen molar-refractivity contribution < 1.29 is 8.78 Å². The van der Waals surface area contributed by atoms with Crippen LogP contribution < -0.4 is 5.73 Å². The minimum Gasteiger partial charge on any atom is -0.397 e. The summed E-state index contributed by atoms with van der Waals surface area (Å²) < 4.78 is 26.7. The van der Waals surface area contributed by atoms with E-state index in [0.717, 1.165) is 6.07 Å². The van der Waals surface area contributed by atoms with Crippen LogP contribution in [0.15, 0.2) is 36.5 Å². The van der Waals surface area contributed by atoms with Gasteiger partial charge in [0.15, 0.2) is 5.82 Å². The van der Waals surface area contributed by atoms with Crippen LogP contribution in [-0.4, -0.2) is 4.98 Å². The summed E-state index contributed by atoms with van der Waals surface area (Å²) in [7, 11) is 0. The maximum atomic E-state index is 13.4. The monoisotopic (exact) mass is 206 g/mol. The molecule has 0 saturated heterocycles. The van der Waals surface area contributed by atoms with Gasteiger partial charge in [0, 0.05) is 11.6 Å². The van der Waals surface area contributed by atoms with E-state index in [1.54, 1.807) is 6.07 Å². The Morgan fingerprint density at radius 2 is 1.80 bits per heavy atom. The Kier molecular flexibility index (Phi) is 2.33. The van der Waals surface area contributed by atoms with E-state index in [0.29, 0.717) is 0 Å². The lowest BCUT2D eigenvalue weighted by atomic mass is 10.1. The van der Waals surface area contributed by atoms with E-state index in [2.05, 4.69) is 4.98 Å².